The molecule has 73 heavy (non-hydrogen) atoms. The number of hydrogen-bond acceptors (Lipinski definition) is 2. The highest BCUT2D eigenvalue weighted by Crippen LogP contribution is 2.67. The third-order valence-corrected chi connectivity index (χ3v) is 17.2. The van der Waals surface area contributed by atoms with E-state index < -0.39 is 51.2 Å². The summed E-state index contributed by atoms with van der Waals surface area (Å²) in [6.45, 7) is 9.01. The third-order valence-electron chi connectivity index (χ3n) is 17.2. The fourth-order valence-electron chi connectivity index (χ4n) is 14.0. The van der Waals surface area contributed by atoms with Gasteiger partial charge in [-0.2, -0.15) is 26.3 Å². The Morgan fingerprint density at radius 3 is 1.11 bits per heavy atom. The number of rotatable bonds is 3. The van der Waals surface area contributed by atoms with Crippen LogP contribution in [0.2, 0.25) is 0 Å². The van der Waals surface area contributed by atoms with Crippen LogP contribution in [0.15, 0.2) is 188 Å². The third kappa shape index (κ3) is 5.28. The molecule has 0 saturated carbocycles. The van der Waals surface area contributed by atoms with E-state index in [0.29, 0.717) is 16.7 Å². The Hall–Kier alpha value is -7.97. The molecule has 1 atom stereocenters. The van der Waals surface area contributed by atoms with Gasteiger partial charge in [-0.3, -0.25) is 4.79 Å². The average molecular weight is 968 g/mol. The van der Waals surface area contributed by atoms with Crippen LogP contribution < -0.4 is 4.90 Å². The Balaban J connectivity index is 1.05. The first kappa shape index (κ1) is 43.8. The van der Waals surface area contributed by atoms with Gasteiger partial charge in [-0.25, -0.2) is 0 Å². The van der Waals surface area contributed by atoms with Crippen molar-refractivity contribution in [2.24, 2.45) is 0 Å². The van der Waals surface area contributed by atoms with Gasteiger partial charge in [0.05, 0.1) is 5.41 Å². The normalized spacial score (nSPS) is 18.1. The minimum absolute atomic E-state index is 0.213. The molecule has 14 rings (SSSR count). The molecule has 0 aromatic heterocycles. The maximum atomic E-state index is 15.8. The molecule has 356 valence electrons. The Kier molecular flexibility index (Phi) is 8.49. The van der Waals surface area contributed by atoms with Crippen molar-refractivity contribution in [2.45, 2.75) is 61.7 Å². The minimum Gasteiger partial charge on any atom is -0.310 e. The first-order valence-corrected chi connectivity index (χ1v) is 24.5. The lowest BCUT2D eigenvalue weighted by molar-refractivity contribution is -0.289. The molecule has 9 aromatic carbocycles. The van der Waals surface area contributed by atoms with E-state index in [1.165, 1.54) is 45.5 Å². The van der Waals surface area contributed by atoms with Crippen molar-refractivity contribution < 1.29 is 31.1 Å². The van der Waals surface area contributed by atoms with E-state index in [-0.39, 0.29) is 16.4 Å². The van der Waals surface area contributed by atoms with Crippen molar-refractivity contribution in [3.63, 3.8) is 0 Å². The summed E-state index contributed by atoms with van der Waals surface area (Å²) in [5.41, 5.74) is 7.57. The smallest absolute Gasteiger partial charge is 0.310 e. The number of ketones is 1. The van der Waals surface area contributed by atoms with Crippen LogP contribution in [0.25, 0.3) is 44.5 Å². The summed E-state index contributed by atoms with van der Waals surface area (Å²) in [6.07, 6.45) is -11.7. The average Bonchev–Trinajstić information content (AvgIpc) is 4.00. The van der Waals surface area contributed by atoms with Gasteiger partial charge in [0.15, 0.2) is 5.78 Å². The number of alkyl halides is 6. The lowest BCUT2D eigenvalue weighted by Gasteiger charge is -2.43. The summed E-state index contributed by atoms with van der Waals surface area (Å²) in [5.74, 6) is -0.890. The molecule has 2 nitrogen and oxygen atoms in total. The predicted octanol–water partition coefficient (Wildman–Crippen LogP) is 17.1. The summed E-state index contributed by atoms with van der Waals surface area (Å²) in [7, 11) is 0. The summed E-state index contributed by atoms with van der Waals surface area (Å²) >= 11 is 0. The predicted molar refractivity (Wildman–Crippen MR) is 275 cm³/mol. The van der Waals surface area contributed by atoms with Crippen LogP contribution >= 0.6 is 0 Å². The number of fused-ring (bicyclic) bond motifs is 18. The second kappa shape index (κ2) is 14.2. The van der Waals surface area contributed by atoms with Gasteiger partial charge in [0, 0.05) is 39.0 Å². The molecular weight excluding hydrogens is 925 g/mol. The van der Waals surface area contributed by atoms with Crippen molar-refractivity contribution in [1.82, 2.24) is 0 Å². The van der Waals surface area contributed by atoms with Crippen LogP contribution in [0.5, 0.6) is 0 Å². The molecule has 0 aliphatic heterocycles. The van der Waals surface area contributed by atoms with Crippen molar-refractivity contribution in [2.75, 3.05) is 4.90 Å². The number of anilines is 3. The standard InChI is InChI=1S/C65H43F6NO/c1-60(2)49-20-10-5-15-39(49)43-28-25-36(31-54(43)60)72(37-26-29-44-40-16-6-11-21-50(40)61(3,4)55(44)32-37)38-27-30-45-41-17-7-12-22-51(41)62(56(45)33-38)52-23-13-8-18-42(52)47-34-58-48(35-57(47)62)59(73)46-19-9-14-24-53(46)63(58,64(66,67)68)65(69,70)71/h5-35H,1-4H3. The highest BCUT2D eigenvalue weighted by Gasteiger charge is 2.75. The van der Waals surface area contributed by atoms with E-state index in [2.05, 4.69) is 136 Å². The second-order valence-corrected chi connectivity index (χ2v) is 21.3. The summed E-state index contributed by atoms with van der Waals surface area (Å²) < 4.78 is 95.1. The van der Waals surface area contributed by atoms with Crippen molar-refractivity contribution in [3.8, 4) is 44.5 Å². The zero-order valence-electron chi connectivity index (χ0n) is 40.0. The van der Waals surface area contributed by atoms with E-state index in [1.807, 2.05) is 36.4 Å². The van der Waals surface area contributed by atoms with E-state index >= 15 is 26.3 Å². The first-order chi connectivity index (χ1) is 34.9. The van der Waals surface area contributed by atoms with Gasteiger partial charge in [-0.1, -0.05) is 167 Å². The van der Waals surface area contributed by atoms with E-state index in [0.717, 1.165) is 74.7 Å². The zero-order valence-corrected chi connectivity index (χ0v) is 40.0. The number of nitrogens with zero attached hydrogens (tertiary/aromatic N) is 1. The van der Waals surface area contributed by atoms with Gasteiger partial charge in [0.2, 0.25) is 5.41 Å². The molecule has 5 aliphatic rings. The molecule has 0 amide bonds. The minimum atomic E-state index is -5.86. The highest BCUT2D eigenvalue weighted by atomic mass is 19.4. The van der Waals surface area contributed by atoms with E-state index in [4.69, 9.17) is 0 Å². The second-order valence-electron chi connectivity index (χ2n) is 21.3. The molecule has 1 unspecified atom stereocenters. The molecule has 0 fully saturated rings. The molecular formula is C65H43F6NO. The van der Waals surface area contributed by atoms with Crippen LogP contribution in [-0.2, 0) is 21.7 Å². The fourth-order valence-corrected chi connectivity index (χ4v) is 14.0. The maximum Gasteiger partial charge on any atom is 0.411 e. The summed E-state index contributed by atoms with van der Waals surface area (Å²) in [6, 6.07) is 58.5. The highest BCUT2D eigenvalue weighted by molar-refractivity contribution is 6.14. The van der Waals surface area contributed by atoms with Gasteiger partial charge in [0.25, 0.3) is 0 Å². The molecule has 0 radical (unpaired) electrons. The Morgan fingerprint density at radius 1 is 0.315 bits per heavy atom. The van der Waals surface area contributed by atoms with Crippen LogP contribution in [0.4, 0.5) is 43.4 Å². The molecule has 5 aliphatic carbocycles. The molecule has 0 heterocycles. The summed E-state index contributed by atoms with van der Waals surface area (Å²) in [5, 5.41) is 0. The van der Waals surface area contributed by atoms with Crippen molar-refractivity contribution in [1.29, 1.82) is 0 Å². The van der Waals surface area contributed by atoms with E-state index in [9.17, 15) is 4.79 Å². The molecule has 0 saturated heterocycles. The first-order valence-electron chi connectivity index (χ1n) is 24.5. The van der Waals surface area contributed by atoms with Crippen LogP contribution in [0, 0.1) is 0 Å². The lowest BCUT2D eigenvalue weighted by Crippen LogP contribution is -2.57. The Morgan fingerprint density at radius 2 is 0.644 bits per heavy atom. The Bertz CT molecular complexity index is 3830. The van der Waals surface area contributed by atoms with Crippen molar-refractivity contribution >= 4 is 22.8 Å². The number of halogens is 6. The molecule has 9 aromatic rings. The zero-order chi connectivity index (χ0) is 50.4. The SMILES string of the molecule is CC1(C)c2ccccc2-c2ccc(N(c3ccc4c(c3)C(C)(C)c3ccccc3-4)c3ccc4c(c3)C3(c5ccccc5-4)c4ccccc4-c4cc5c(cc43)C(=O)c3ccccc3C5(C(F)(F)F)C(F)(F)F)cc21. The summed E-state index contributed by atoms with van der Waals surface area (Å²) in [4.78, 5) is 17.0. The van der Waals surface area contributed by atoms with E-state index in [1.54, 1.807) is 12.1 Å². The maximum absolute atomic E-state index is 15.8. The van der Waals surface area contributed by atoms with Gasteiger partial charge >= 0.3 is 12.4 Å². The molecule has 1 spiro atoms. The number of carbonyl (C=O) groups excluding carboxylic acids is 1. The largest absolute Gasteiger partial charge is 0.411 e. The molecule has 8 heteroatoms. The van der Waals surface area contributed by atoms with Gasteiger partial charge in [0.1, 0.15) is 0 Å². The van der Waals surface area contributed by atoms with Crippen LogP contribution in [-0.4, -0.2) is 18.1 Å². The Labute approximate surface area is 418 Å². The van der Waals surface area contributed by atoms with Gasteiger partial charge in [-0.15, -0.1) is 0 Å². The quantitative estimate of drug-likeness (QED) is 0.164. The van der Waals surface area contributed by atoms with Crippen LogP contribution in [0.1, 0.15) is 99.3 Å². The topological polar surface area (TPSA) is 20.3 Å². The molecule has 0 N–H and O–H groups in total. The number of hydrogen-bond donors (Lipinski definition) is 0. The van der Waals surface area contributed by atoms with Crippen LogP contribution in [0.3, 0.4) is 0 Å². The monoisotopic (exact) mass is 967 g/mol. The van der Waals surface area contributed by atoms with Gasteiger partial charge in [-0.05, 0) is 149 Å². The fraction of sp³-hybridized carbons (Fsp3) is 0.154. The number of benzene rings is 9. The van der Waals surface area contributed by atoms with Crippen molar-refractivity contribution in [3.05, 3.63) is 255 Å². The van der Waals surface area contributed by atoms with Gasteiger partial charge < -0.3 is 4.90 Å². The lowest BCUT2D eigenvalue weighted by atomic mass is 9.63. The number of carbonyl (C=O) groups is 1. The molecule has 0 bridgehead atoms.